The third-order valence-electron chi connectivity index (χ3n) is 4.74. The zero-order valence-corrected chi connectivity index (χ0v) is 13.6. The van der Waals surface area contributed by atoms with Gasteiger partial charge in [-0.3, -0.25) is 9.59 Å². The van der Waals surface area contributed by atoms with Crippen LogP contribution in [-0.2, 0) is 19.9 Å². The Morgan fingerprint density at radius 1 is 1.33 bits per heavy atom. The number of likely N-dealkylation sites (tertiary alicyclic amines) is 1. The van der Waals surface area contributed by atoms with Crippen LogP contribution in [0.2, 0.25) is 0 Å². The molecule has 0 radical (unpaired) electrons. The molecule has 1 aliphatic heterocycles. The predicted molar refractivity (Wildman–Crippen MR) is 81.5 cm³/mol. The van der Waals surface area contributed by atoms with Gasteiger partial charge in [-0.05, 0) is 37.0 Å². The Labute approximate surface area is 132 Å². The van der Waals surface area contributed by atoms with Gasteiger partial charge in [0, 0.05) is 17.4 Å². The first kappa shape index (κ1) is 14.6. The van der Waals surface area contributed by atoms with Crippen LogP contribution in [0.25, 0.3) is 0 Å². The molecule has 0 spiro atoms. The summed E-state index contributed by atoms with van der Waals surface area (Å²) in [7, 11) is 1.38. The Balaban J connectivity index is 1.88. The Hall–Kier alpha value is -1.36. The molecule has 112 valence electrons. The van der Waals surface area contributed by atoms with Crippen molar-refractivity contribution in [2.45, 2.75) is 31.2 Å². The Morgan fingerprint density at radius 2 is 2.00 bits per heavy atom. The molecule has 1 saturated carbocycles. The van der Waals surface area contributed by atoms with Crippen LogP contribution < -0.4 is 0 Å². The Morgan fingerprint density at radius 3 is 2.52 bits per heavy atom. The molecule has 1 aliphatic carbocycles. The second-order valence-corrected chi connectivity index (χ2v) is 6.74. The molecule has 1 aromatic rings. The van der Waals surface area contributed by atoms with Gasteiger partial charge in [0.25, 0.3) is 0 Å². The molecule has 1 unspecified atom stereocenters. The number of esters is 1. The Bertz CT molecular complexity index is 565. The van der Waals surface area contributed by atoms with Crippen LogP contribution in [0.4, 0.5) is 0 Å². The minimum Gasteiger partial charge on any atom is -0.469 e. The van der Waals surface area contributed by atoms with E-state index in [1.165, 1.54) is 7.11 Å². The molecular formula is C16H18BrNO3. The van der Waals surface area contributed by atoms with Gasteiger partial charge in [-0.1, -0.05) is 28.1 Å². The van der Waals surface area contributed by atoms with Gasteiger partial charge < -0.3 is 9.64 Å². The first-order valence-corrected chi connectivity index (χ1v) is 8.00. The van der Waals surface area contributed by atoms with E-state index < -0.39 is 0 Å². The molecule has 0 bridgehead atoms. The highest BCUT2D eigenvalue weighted by Crippen LogP contribution is 2.49. The van der Waals surface area contributed by atoms with Crippen LogP contribution in [0.15, 0.2) is 28.7 Å². The minimum atomic E-state index is -0.324. The van der Waals surface area contributed by atoms with Crippen LogP contribution in [0, 0.1) is 5.92 Å². The average molecular weight is 352 g/mol. The maximum Gasteiger partial charge on any atom is 0.310 e. The van der Waals surface area contributed by atoms with Gasteiger partial charge in [0.05, 0.1) is 18.6 Å². The number of hydrogen-bond donors (Lipinski definition) is 0. The summed E-state index contributed by atoms with van der Waals surface area (Å²) >= 11 is 3.44. The number of carbonyl (C=O) groups is 2. The number of rotatable bonds is 3. The van der Waals surface area contributed by atoms with Crippen molar-refractivity contribution in [1.29, 1.82) is 0 Å². The molecule has 21 heavy (non-hydrogen) atoms. The zero-order chi connectivity index (χ0) is 15.0. The molecule has 2 aliphatic rings. The lowest BCUT2D eigenvalue weighted by molar-refractivity contribution is -0.145. The molecular weight excluding hydrogens is 334 g/mol. The number of hydrogen-bond acceptors (Lipinski definition) is 3. The van der Waals surface area contributed by atoms with E-state index in [1.54, 1.807) is 0 Å². The van der Waals surface area contributed by atoms with Gasteiger partial charge in [0.15, 0.2) is 0 Å². The monoisotopic (exact) mass is 351 g/mol. The largest absolute Gasteiger partial charge is 0.469 e. The SMILES string of the molecule is COC(=O)C1CC(=O)N(C2(c3ccc(Br)cc3)CCC2)C1. The highest BCUT2D eigenvalue weighted by Gasteiger charge is 2.50. The number of amides is 1. The maximum atomic E-state index is 12.4. The molecule has 0 N–H and O–H groups in total. The van der Waals surface area contributed by atoms with Crippen LogP contribution in [-0.4, -0.2) is 30.4 Å². The second kappa shape index (κ2) is 5.44. The summed E-state index contributed by atoms with van der Waals surface area (Å²) in [4.78, 5) is 26.0. The number of carbonyl (C=O) groups excluding carboxylic acids is 2. The van der Waals surface area contributed by atoms with Gasteiger partial charge in [-0.2, -0.15) is 0 Å². The Kier molecular flexibility index (Phi) is 3.78. The van der Waals surface area contributed by atoms with Gasteiger partial charge in [-0.15, -0.1) is 0 Å². The minimum absolute atomic E-state index is 0.0630. The number of benzene rings is 1. The highest BCUT2D eigenvalue weighted by molar-refractivity contribution is 9.10. The second-order valence-electron chi connectivity index (χ2n) is 5.82. The summed E-state index contributed by atoms with van der Waals surface area (Å²) < 4.78 is 5.82. The van der Waals surface area contributed by atoms with E-state index in [9.17, 15) is 9.59 Å². The number of halogens is 1. The molecule has 3 rings (SSSR count). The first-order valence-electron chi connectivity index (χ1n) is 7.21. The molecule has 0 aromatic heterocycles. The maximum absolute atomic E-state index is 12.4. The van der Waals surface area contributed by atoms with Gasteiger partial charge >= 0.3 is 5.97 Å². The van der Waals surface area contributed by atoms with Crippen molar-refractivity contribution in [2.24, 2.45) is 5.92 Å². The lowest BCUT2D eigenvalue weighted by Crippen LogP contribution is -2.52. The molecule has 1 amide bonds. The smallest absolute Gasteiger partial charge is 0.310 e. The predicted octanol–water partition coefficient (Wildman–Crippen LogP) is 2.85. The highest BCUT2D eigenvalue weighted by atomic mass is 79.9. The van der Waals surface area contributed by atoms with Crippen LogP contribution in [0.3, 0.4) is 0 Å². The van der Waals surface area contributed by atoms with E-state index in [-0.39, 0.29) is 29.8 Å². The lowest BCUT2D eigenvalue weighted by Gasteiger charge is -2.49. The summed E-state index contributed by atoms with van der Waals surface area (Å²) in [5, 5.41) is 0. The fourth-order valence-corrected chi connectivity index (χ4v) is 3.70. The van der Waals surface area contributed by atoms with E-state index in [0.29, 0.717) is 6.54 Å². The van der Waals surface area contributed by atoms with Crippen molar-refractivity contribution in [1.82, 2.24) is 4.90 Å². The van der Waals surface area contributed by atoms with Crippen molar-refractivity contribution in [3.05, 3.63) is 34.3 Å². The molecule has 4 nitrogen and oxygen atoms in total. The summed E-state index contributed by atoms with van der Waals surface area (Å²) in [5.74, 6) is -0.542. The van der Waals surface area contributed by atoms with Gasteiger partial charge in [0.2, 0.25) is 5.91 Å². The number of ether oxygens (including phenoxy) is 1. The average Bonchev–Trinajstić information content (AvgIpc) is 2.81. The van der Waals surface area contributed by atoms with Crippen molar-refractivity contribution < 1.29 is 14.3 Å². The summed E-state index contributed by atoms with van der Waals surface area (Å²) in [6.07, 6.45) is 3.32. The third kappa shape index (κ3) is 2.37. The third-order valence-corrected chi connectivity index (χ3v) is 5.27. The van der Waals surface area contributed by atoms with E-state index in [1.807, 2.05) is 17.0 Å². The molecule has 1 heterocycles. The molecule has 2 fully saturated rings. The standard InChI is InChI=1S/C16H18BrNO3/c1-21-15(20)11-9-14(19)18(10-11)16(7-2-8-16)12-3-5-13(17)6-4-12/h3-6,11H,2,7-10H2,1H3. The van der Waals surface area contributed by atoms with E-state index in [4.69, 9.17) is 4.74 Å². The molecule has 1 atom stereocenters. The molecule has 1 aromatic carbocycles. The van der Waals surface area contributed by atoms with E-state index in [2.05, 4.69) is 28.1 Å². The van der Waals surface area contributed by atoms with E-state index >= 15 is 0 Å². The fraction of sp³-hybridized carbons (Fsp3) is 0.500. The summed E-state index contributed by atoms with van der Waals surface area (Å²) in [5.41, 5.74) is 0.941. The first-order chi connectivity index (χ1) is 10.1. The van der Waals surface area contributed by atoms with Gasteiger partial charge in [0.1, 0.15) is 0 Å². The lowest BCUT2D eigenvalue weighted by atomic mass is 9.70. The van der Waals surface area contributed by atoms with Crippen molar-refractivity contribution in [2.75, 3.05) is 13.7 Å². The fourth-order valence-electron chi connectivity index (χ4n) is 3.43. The molecule has 5 heteroatoms. The summed E-state index contributed by atoms with van der Waals surface area (Å²) in [6.45, 7) is 0.474. The van der Waals surface area contributed by atoms with Crippen LogP contribution in [0.5, 0.6) is 0 Å². The topological polar surface area (TPSA) is 46.6 Å². The van der Waals surface area contributed by atoms with Crippen molar-refractivity contribution >= 4 is 27.8 Å². The van der Waals surface area contributed by atoms with E-state index in [0.717, 1.165) is 29.3 Å². The number of nitrogens with zero attached hydrogens (tertiary/aromatic N) is 1. The van der Waals surface area contributed by atoms with Gasteiger partial charge in [-0.25, -0.2) is 0 Å². The van der Waals surface area contributed by atoms with Crippen molar-refractivity contribution in [3.63, 3.8) is 0 Å². The normalized spacial score (nSPS) is 23.8. The van der Waals surface area contributed by atoms with Crippen LogP contribution in [0.1, 0.15) is 31.2 Å². The summed E-state index contributed by atoms with van der Waals surface area (Å²) in [6, 6.07) is 8.16. The molecule has 1 saturated heterocycles. The number of methoxy groups -OCH3 is 1. The quantitative estimate of drug-likeness (QED) is 0.786. The zero-order valence-electron chi connectivity index (χ0n) is 12.0. The van der Waals surface area contributed by atoms with Crippen molar-refractivity contribution in [3.8, 4) is 0 Å². The van der Waals surface area contributed by atoms with Crippen LogP contribution >= 0.6 is 15.9 Å².